The maximum absolute atomic E-state index is 5.55. The van der Waals surface area contributed by atoms with Crippen molar-refractivity contribution in [3.8, 4) is 0 Å². The average Bonchev–Trinajstić information content (AvgIpc) is 1.63. The number of halogens is 2. The Morgan fingerprint density at radius 2 is 2.00 bits per heavy atom. The van der Waals surface area contributed by atoms with Crippen LogP contribution in [0.3, 0.4) is 0 Å². The molecule has 0 radical (unpaired) electrons. The van der Waals surface area contributed by atoms with E-state index in [1.165, 1.54) is 0 Å². The predicted molar refractivity (Wildman–Crippen MR) is 50.7 cm³/mol. The summed E-state index contributed by atoms with van der Waals surface area (Å²) in [5.41, 5.74) is 0. The van der Waals surface area contributed by atoms with Gasteiger partial charge in [-0.1, -0.05) is 28.5 Å². The van der Waals surface area contributed by atoms with Crippen LogP contribution in [0.15, 0.2) is 0 Å². The molecule has 0 aromatic carbocycles. The van der Waals surface area contributed by atoms with Gasteiger partial charge < -0.3 is 0 Å². The Labute approximate surface area is 74.5 Å². The SMILES string of the molecule is CSSC(C)CC(Cl)Cl. The van der Waals surface area contributed by atoms with Crippen molar-refractivity contribution in [3.63, 3.8) is 0 Å². The largest absolute Gasteiger partial charge is 0.108 e. The van der Waals surface area contributed by atoms with E-state index in [0.717, 1.165) is 6.42 Å². The van der Waals surface area contributed by atoms with Crippen molar-refractivity contribution in [1.29, 1.82) is 0 Å². The highest BCUT2D eigenvalue weighted by molar-refractivity contribution is 8.76. The Kier molecular flexibility index (Phi) is 6.88. The molecule has 0 bridgehead atoms. The van der Waals surface area contributed by atoms with Crippen molar-refractivity contribution in [2.75, 3.05) is 6.26 Å². The third kappa shape index (κ3) is 7.17. The van der Waals surface area contributed by atoms with Crippen LogP contribution in [0.25, 0.3) is 0 Å². The molecule has 1 unspecified atom stereocenters. The average molecular weight is 205 g/mol. The minimum atomic E-state index is -0.209. The van der Waals surface area contributed by atoms with Crippen molar-refractivity contribution in [3.05, 3.63) is 0 Å². The van der Waals surface area contributed by atoms with Crippen LogP contribution in [0.5, 0.6) is 0 Å². The van der Waals surface area contributed by atoms with E-state index in [1.54, 1.807) is 10.8 Å². The fourth-order valence-corrected chi connectivity index (χ4v) is 3.02. The van der Waals surface area contributed by atoms with E-state index < -0.39 is 0 Å². The summed E-state index contributed by atoms with van der Waals surface area (Å²) < 4.78 is 0. The molecule has 0 aliphatic heterocycles. The van der Waals surface area contributed by atoms with E-state index in [9.17, 15) is 0 Å². The zero-order valence-corrected chi connectivity index (χ0v) is 8.58. The Morgan fingerprint density at radius 1 is 1.44 bits per heavy atom. The number of alkyl halides is 2. The number of rotatable bonds is 4. The molecule has 0 saturated carbocycles. The summed E-state index contributed by atoms with van der Waals surface area (Å²) in [5, 5.41) is 0.556. The van der Waals surface area contributed by atoms with Crippen LogP contribution in [0.4, 0.5) is 0 Å². The summed E-state index contributed by atoms with van der Waals surface area (Å²) in [6, 6.07) is 0. The molecule has 0 aliphatic carbocycles. The Morgan fingerprint density at radius 3 is 2.33 bits per heavy atom. The van der Waals surface area contributed by atoms with Crippen molar-refractivity contribution in [1.82, 2.24) is 0 Å². The fourth-order valence-electron chi connectivity index (χ4n) is 0.454. The van der Waals surface area contributed by atoms with E-state index in [1.807, 2.05) is 10.8 Å². The van der Waals surface area contributed by atoms with Gasteiger partial charge in [0.15, 0.2) is 0 Å². The van der Waals surface area contributed by atoms with Gasteiger partial charge in [-0.2, -0.15) is 0 Å². The van der Waals surface area contributed by atoms with E-state index in [4.69, 9.17) is 23.2 Å². The van der Waals surface area contributed by atoms with Crippen LogP contribution in [0.1, 0.15) is 13.3 Å². The lowest BCUT2D eigenvalue weighted by Gasteiger charge is -2.07. The Hall–Kier alpha value is 1.28. The molecule has 0 N–H and O–H groups in total. The zero-order valence-electron chi connectivity index (χ0n) is 5.43. The number of hydrogen-bond donors (Lipinski definition) is 0. The summed E-state index contributed by atoms with van der Waals surface area (Å²) in [6.07, 6.45) is 2.92. The topological polar surface area (TPSA) is 0 Å². The van der Waals surface area contributed by atoms with Gasteiger partial charge in [0.2, 0.25) is 0 Å². The summed E-state index contributed by atoms with van der Waals surface area (Å²) in [4.78, 5) is -0.209. The molecule has 56 valence electrons. The van der Waals surface area contributed by atoms with E-state index in [0.29, 0.717) is 5.25 Å². The van der Waals surface area contributed by atoms with Crippen molar-refractivity contribution in [2.45, 2.75) is 23.4 Å². The molecular weight excluding hydrogens is 195 g/mol. The predicted octanol–water partition coefficient (Wildman–Crippen LogP) is 3.58. The lowest BCUT2D eigenvalue weighted by molar-refractivity contribution is 0.884. The van der Waals surface area contributed by atoms with E-state index in [2.05, 4.69) is 13.2 Å². The molecule has 4 heteroatoms. The second-order valence-electron chi connectivity index (χ2n) is 1.70. The molecular formula is C5H10Cl2S2. The molecule has 0 aliphatic rings. The van der Waals surface area contributed by atoms with E-state index in [-0.39, 0.29) is 4.84 Å². The first-order valence-electron chi connectivity index (χ1n) is 2.64. The molecule has 0 spiro atoms. The third-order valence-electron chi connectivity index (χ3n) is 0.771. The van der Waals surface area contributed by atoms with Crippen LogP contribution in [0, 0.1) is 0 Å². The van der Waals surface area contributed by atoms with Crippen molar-refractivity contribution < 1.29 is 0 Å². The summed E-state index contributed by atoms with van der Waals surface area (Å²) in [5.74, 6) is 0. The summed E-state index contributed by atoms with van der Waals surface area (Å²) in [7, 11) is 3.56. The van der Waals surface area contributed by atoms with Gasteiger partial charge >= 0.3 is 0 Å². The van der Waals surface area contributed by atoms with Gasteiger partial charge in [-0.05, 0) is 12.7 Å². The third-order valence-corrected chi connectivity index (χ3v) is 3.40. The summed E-state index contributed by atoms with van der Waals surface area (Å²) >= 11 is 11.1. The molecule has 9 heavy (non-hydrogen) atoms. The van der Waals surface area contributed by atoms with Crippen molar-refractivity contribution >= 4 is 44.8 Å². The Bertz CT molecular complexity index is 68.0. The molecule has 0 heterocycles. The van der Waals surface area contributed by atoms with Gasteiger partial charge in [0, 0.05) is 5.25 Å². The molecule has 0 fully saturated rings. The van der Waals surface area contributed by atoms with E-state index >= 15 is 0 Å². The highest BCUT2D eigenvalue weighted by atomic mass is 35.5. The standard InChI is InChI=1S/C5H10Cl2S2/c1-4(9-8-2)3-5(6)7/h4-5H,3H2,1-2H3. The minimum absolute atomic E-state index is 0.209. The first-order valence-corrected chi connectivity index (χ1v) is 6.14. The van der Waals surface area contributed by atoms with Crippen LogP contribution >= 0.6 is 44.8 Å². The van der Waals surface area contributed by atoms with Crippen LogP contribution in [0.2, 0.25) is 0 Å². The smallest absolute Gasteiger partial charge is 0.105 e. The van der Waals surface area contributed by atoms with Gasteiger partial charge in [0.25, 0.3) is 0 Å². The minimum Gasteiger partial charge on any atom is -0.105 e. The normalized spacial score (nSPS) is 14.3. The number of hydrogen-bond acceptors (Lipinski definition) is 2. The highest BCUT2D eigenvalue weighted by Crippen LogP contribution is 2.28. The van der Waals surface area contributed by atoms with Gasteiger partial charge in [-0.15, -0.1) is 23.2 Å². The maximum atomic E-state index is 5.55. The van der Waals surface area contributed by atoms with Crippen molar-refractivity contribution in [2.24, 2.45) is 0 Å². The second kappa shape index (κ2) is 6.02. The second-order valence-corrected chi connectivity index (χ2v) is 5.89. The lowest BCUT2D eigenvalue weighted by Crippen LogP contribution is -1.99. The molecule has 0 amide bonds. The Balaban J connectivity index is 3.15. The van der Waals surface area contributed by atoms with Gasteiger partial charge in [0.05, 0.1) is 0 Å². The molecule has 0 aromatic rings. The zero-order chi connectivity index (χ0) is 7.28. The maximum Gasteiger partial charge on any atom is 0.108 e. The molecule has 1 atom stereocenters. The van der Waals surface area contributed by atoms with Crippen LogP contribution in [-0.4, -0.2) is 16.3 Å². The van der Waals surface area contributed by atoms with Crippen LogP contribution < -0.4 is 0 Å². The van der Waals surface area contributed by atoms with Crippen LogP contribution in [-0.2, 0) is 0 Å². The molecule has 0 saturated heterocycles. The monoisotopic (exact) mass is 204 g/mol. The van der Waals surface area contributed by atoms with Gasteiger partial charge in [-0.3, -0.25) is 0 Å². The first-order chi connectivity index (χ1) is 4.16. The first kappa shape index (κ1) is 10.3. The molecule has 0 nitrogen and oxygen atoms in total. The fraction of sp³-hybridized carbons (Fsp3) is 1.00. The lowest BCUT2D eigenvalue weighted by atomic mass is 10.4. The van der Waals surface area contributed by atoms with Gasteiger partial charge in [-0.25, -0.2) is 0 Å². The van der Waals surface area contributed by atoms with Gasteiger partial charge in [0.1, 0.15) is 4.84 Å². The quantitative estimate of drug-likeness (QED) is 0.508. The highest BCUT2D eigenvalue weighted by Gasteiger charge is 2.06. The summed E-state index contributed by atoms with van der Waals surface area (Å²) in [6.45, 7) is 2.12. The molecule has 0 rings (SSSR count). The molecule has 0 aromatic heterocycles.